The first-order chi connectivity index (χ1) is 9.19. The van der Waals surface area contributed by atoms with Crippen LogP contribution in [0.25, 0.3) is 0 Å². The molecule has 0 amide bonds. The zero-order valence-corrected chi connectivity index (χ0v) is 11.6. The molecule has 5 nitrogen and oxygen atoms in total. The molecular weight excluding hydrogens is 242 g/mol. The van der Waals surface area contributed by atoms with Crippen LogP contribution in [0.4, 0.5) is 0 Å². The molecule has 0 bridgehead atoms. The molecule has 106 valence electrons. The molecule has 0 aliphatic rings. The Morgan fingerprint density at radius 2 is 2.26 bits per heavy atom. The largest absolute Gasteiger partial charge is 0.409 e. The number of rotatable bonds is 8. The van der Waals surface area contributed by atoms with Gasteiger partial charge in [0.05, 0.1) is 0 Å². The van der Waals surface area contributed by atoms with E-state index in [0.717, 1.165) is 43.9 Å². The summed E-state index contributed by atoms with van der Waals surface area (Å²) in [7, 11) is 0. The highest BCUT2D eigenvalue weighted by Crippen LogP contribution is 2.11. The van der Waals surface area contributed by atoms with E-state index in [1.807, 2.05) is 32.0 Å². The van der Waals surface area contributed by atoms with Crippen molar-refractivity contribution in [3.8, 4) is 0 Å². The highest BCUT2D eigenvalue weighted by molar-refractivity contribution is 5.97. The van der Waals surface area contributed by atoms with Gasteiger partial charge in [0.1, 0.15) is 0 Å². The van der Waals surface area contributed by atoms with E-state index in [4.69, 9.17) is 15.7 Å². The number of aryl methyl sites for hydroxylation is 1. The highest BCUT2D eigenvalue weighted by Gasteiger charge is 2.03. The van der Waals surface area contributed by atoms with Crippen molar-refractivity contribution in [3.63, 3.8) is 0 Å². The fourth-order valence-corrected chi connectivity index (χ4v) is 1.78. The molecule has 0 aliphatic carbocycles. The Morgan fingerprint density at radius 3 is 2.89 bits per heavy atom. The standard InChI is InChI=1S/C14H23N3O2/c1-3-19-8-4-7-16-10-13-6-5-12(9-11(13)2)14(15)17-18/h5-6,9,16,18H,3-4,7-8,10H2,1-2H3,(H2,15,17). The molecule has 5 heteroatoms. The van der Waals surface area contributed by atoms with E-state index in [2.05, 4.69) is 10.5 Å². The summed E-state index contributed by atoms with van der Waals surface area (Å²) in [5.41, 5.74) is 8.63. The smallest absolute Gasteiger partial charge is 0.170 e. The van der Waals surface area contributed by atoms with Crippen LogP contribution in [0.15, 0.2) is 23.4 Å². The highest BCUT2D eigenvalue weighted by atomic mass is 16.5. The van der Waals surface area contributed by atoms with Crippen LogP contribution in [0.3, 0.4) is 0 Å². The lowest BCUT2D eigenvalue weighted by Gasteiger charge is -2.09. The summed E-state index contributed by atoms with van der Waals surface area (Å²) < 4.78 is 5.27. The summed E-state index contributed by atoms with van der Waals surface area (Å²) in [5.74, 6) is 0.138. The average molecular weight is 265 g/mol. The van der Waals surface area contributed by atoms with E-state index in [9.17, 15) is 0 Å². The Hall–Kier alpha value is -1.59. The van der Waals surface area contributed by atoms with Gasteiger partial charge in [0.2, 0.25) is 0 Å². The number of nitrogens with two attached hydrogens (primary N) is 1. The van der Waals surface area contributed by atoms with E-state index < -0.39 is 0 Å². The third-order valence-electron chi connectivity index (χ3n) is 2.91. The van der Waals surface area contributed by atoms with Crippen LogP contribution in [-0.2, 0) is 11.3 Å². The van der Waals surface area contributed by atoms with Crippen molar-refractivity contribution < 1.29 is 9.94 Å². The number of oxime groups is 1. The second-order valence-corrected chi connectivity index (χ2v) is 4.35. The van der Waals surface area contributed by atoms with Crippen LogP contribution in [0.5, 0.6) is 0 Å². The molecule has 0 radical (unpaired) electrons. The van der Waals surface area contributed by atoms with Crippen LogP contribution in [0.2, 0.25) is 0 Å². The van der Waals surface area contributed by atoms with E-state index in [1.54, 1.807) is 0 Å². The molecule has 0 saturated heterocycles. The summed E-state index contributed by atoms with van der Waals surface area (Å²) in [6.07, 6.45) is 1.01. The molecule has 0 aliphatic heterocycles. The van der Waals surface area contributed by atoms with Gasteiger partial charge < -0.3 is 21.0 Å². The van der Waals surface area contributed by atoms with Gasteiger partial charge in [0, 0.05) is 25.3 Å². The quantitative estimate of drug-likeness (QED) is 0.219. The Morgan fingerprint density at radius 1 is 1.47 bits per heavy atom. The first-order valence-corrected chi connectivity index (χ1v) is 6.55. The molecule has 19 heavy (non-hydrogen) atoms. The topological polar surface area (TPSA) is 79.9 Å². The molecular formula is C14H23N3O2. The van der Waals surface area contributed by atoms with Gasteiger partial charge in [0.25, 0.3) is 0 Å². The minimum atomic E-state index is 0.138. The van der Waals surface area contributed by atoms with Crippen molar-refractivity contribution in [2.24, 2.45) is 10.9 Å². The molecule has 1 aromatic carbocycles. The summed E-state index contributed by atoms with van der Waals surface area (Å²) >= 11 is 0. The molecule has 0 atom stereocenters. The van der Waals surface area contributed by atoms with Gasteiger partial charge in [-0.05, 0) is 44.0 Å². The molecule has 0 unspecified atom stereocenters. The van der Waals surface area contributed by atoms with Crippen molar-refractivity contribution in [1.29, 1.82) is 0 Å². The number of amidine groups is 1. The molecule has 0 aromatic heterocycles. The zero-order valence-electron chi connectivity index (χ0n) is 11.6. The maximum atomic E-state index is 8.63. The van der Waals surface area contributed by atoms with Gasteiger partial charge in [0.15, 0.2) is 5.84 Å². The third kappa shape index (κ3) is 5.28. The Balaban J connectivity index is 2.43. The molecule has 0 heterocycles. The number of benzene rings is 1. The number of hydrogen-bond acceptors (Lipinski definition) is 4. The van der Waals surface area contributed by atoms with Crippen LogP contribution < -0.4 is 11.1 Å². The lowest BCUT2D eigenvalue weighted by atomic mass is 10.0. The van der Waals surface area contributed by atoms with Gasteiger partial charge >= 0.3 is 0 Å². The van der Waals surface area contributed by atoms with Gasteiger partial charge in [-0.1, -0.05) is 17.3 Å². The monoisotopic (exact) mass is 265 g/mol. The van der Waals surface area contributed by atoms with Crippen LogP contribution in [0, 0.1) is 6.92 Å². The Labute approximate surface area is 114 Å². The number of hydrogen-bond donors (Lipinski definition) is 3. The van der Waals surface area contributed by atoms with Gasteiger partial charge in [-0.15, -0.1) is 0 Å². The SMILES string of the molecule is CCOCCCNCc1ccc(/C(N)=N/O)cc1C. The molecule has 1 rings (SSSR count). The van der Waals surface area contributed by atoms with Crippen molar-refractivity contribution in [2.45, 2.75) is 26.8 Å². The molecule has 0 spiro atoms. The fraction of sp³-hybridized carbons (Fsp3) is 0.500. The summed E-state index contributed by atoms with van der Waals surface area (Å²) in [6, 6.07) is 5.78. The summed E-state index contributed by atoms with van der Waals surface area (Å²) in [5, 5.41) is 15.0. The number of nitrogens with zero attached hydrogens (tertiary/aromatic N) is 1. The maximum absolute atomic E-state index is 8.63. The first kappa shape index (κ1) is 15.5. The summed E-state index contributed by atoms with van der Waals surface area (Å²) in [6.45, 7) is 7.33. The molecule has 0 fully saturated rings. The normalized spacial score (nSPS) is 11.8. The van der Waals surface area contributed by atoms with E-state index >= 15 is 0 Å². The first-order valence-electron chi connectivity index (χ1n) is 6.55. The van der Waals surface area contributed by atoms with Crippen molar-refractivity contribution in [1.82, 2.24) is 5.32 Å². The average Bonchev–Trinajstić information content (AvgIpc) is 2.43. The Bertz CT molecular complexity index is 419. The maximum Gasteiger partial charge on any atom is 0.170 e. The minimum absolute atomic E-state index is 0.138. The Kier molecular flexibility index (Phi) is 6.92. The fourth-order valence-electron chi connectivity index (χ4n) is 1.78. The number of ether oxygens (including phenoxy) is 1. The van der Waals surface area contributed by atoms with Crippen LogP contribution >= 0.6 is 0 Å². The molecule has 1 aromatic rings. The van der Waals surface area contributed by atoms with Crippen molar-refractivity contribution in [3.05, 3.63) is 34.9 Å². The van der Waals surface area contributed by atoms with Crippen LogP contribution in [0.1, 0.15) is 30.0 Å². The molecule has 0 saturated carbocycles. The minimum Gasteiger partial charge on any atom is -0.409 e. The third-order valence-corrected chi connectivity index (χ3v) is 2.91. The lowest BCUT2D eigenvalue weighted by Crippen LogP contribution is -2.18. The lowest BCUT2D eigenvalue weighted by molar-refractivity contribution is 0.144. The van der Waals surface area contributed by atoms with E-state index in [-0.39, 0.29) is 5.84 Å². The van der Waals surface area contributed by atoms with Crippen LogP contribution in [-0.4, -0.2) is 30.8 Å². The van der Waals surface area contributed by atoms with E-state index in [1.165, 1.54) is 5.56 Å². The predicted molar refractivity (Wildman–Crippen MR) is 76.5 cm³/mol. The number of nitrogens with one attached hydrogen (secondary N) is 1. The van der Waals surface area contributed by atoms with Crippen molar-refractivity contribution >= 4 is 5.84 Å². The second-order valence-electron chi connectivity index (χ2n) is 4.35. The predicted octanol–water partition coefficient (Wildman–Crippen LogP) is 1.61. The molecule has 4 N–H and O–H groups in total. The zero-order chi connectivity index (χ0) is 14.1. The summed E-state index contributed by atoms with van der Waals surface area (Å²) in [4.78, 5) is 0. The second kappa shape index (κ2) is 8.50. The van der Waals surface area contributed by atoms with Gasteiger partial charge in [-0.3, -0.25) is 0 Å². The van der Waals surface area contributed by atoms with Gasteiger partial charge in [-0.25, -0.2) is 0 Å². The van der Waals surface area contributed by atoms with Gasteiger partial charge in [-0.2, -0.15) is 0 Å². The van der Waals surface area contributed by atoms with Crippen molar-refractivity contribution in [2.75, 3.05) is 19.8 Å². The van der Waals surface area contributed by atoms with E-state index in [0.29, 0.717) is 0 Å².